The van der Waals surface area contributed by atoms with Gasteiger partial charge in [-0.15, -0.1) is 0 Å². The summed E-state index contributed by atoms with van der Waals surface area (Å²) in [6.45, 7) is 6.54. The van der Waals surface area contributed by atoms with Gasteiger partial charge in [-0.25, -0.2) is 9.86 Å². The summed E-state index contributed by atoms with van der Waals surface area (Å²) in [6, 6.07) is 5.69. The third-order valence-corrected chi connectivity index (χ3v) is 5.38. The van der Waals surface area contributed by atoms with Gasteiger partial charge in [0.15, 0.2) is 5.76 Å². The van der Waals surface area contributed by atoms with Crippen molar-refractivity contribution in [3.63, 3.8) is 0 Å². The van der Waals surface area contributed by atoms with Crippen molar-refractivity contribution in [2.45, 2.75) is 39.2 Å². The Kier molecular flexibility index (Phi) is 5.74. The molecule has 3 rings (SSSR count). The topological polar surface area (TPSA) is 88.5 Å². The van der Waals surface area contributed by atoms with E-state index in [-0.39, 0.29) is 17.9 Å². The lowest BCUT2D eigenvalue weighted by molar-refractivity contribution is -0.209. The number of nitrogens with zero attached hydrogens (tertiary/aromatic N) is 2. The summed E-state index contributed by atoms with van der Waals surface area (Å²) >= 11 is 0. The summed E-state index contributed by atoms with van der Waals surface area (Å²) < 4.78 is 10.5. The molecule has 2 aliphatic heterocycles. The van der Waals surface area contributed by atoms with Crippen molar-refractivity contribution < 1.29 is 29.1 Å². The van der Waals surface area contributed by atoms with Gasteiger partial charge in [-0.3, -0.25) is 10.0 Å². The number of hydroxylamine groups is 4. The summed E-state index contributed by atoms with van der Waals surface area (Å²) in [5.41, 5.74) is 1.50. The van der Waals surface area contributed by atoms with Gasteiger partial charge in [0.25, 0.3) is 5.91 Å². The van der Waals surface area contributed by atoms with Crippen LogP contribution in [0.15, 0.2) is 24.0 Å². The summed E-state index contributed by atoms with van der Waals surface area (Å²) in [6.07, 6.45) is -0.185. The van der Waals surface area contributed by atoms with Crippen LogP contribution in [0.5, 0.6) is 0 Å². The van der Waals surface area contributed by atoms with Gasteiger partial charge < -0.3 is 14.3 Å². The molecular formula is C20H26N2O6. The number of piperidine rings is 1. The molecule has 0 saturated carbocycles. The largest absolute Gasteiger partial charge is 0.513 e. The molecule has 1 spiro atoms. The number of ether oxygens (including phenoxy) is 2. The van der Waals surface area contributed by atoms with Crippen LogP contribution in [0, 0.1) is 13.8 Å². The number of carbonyl (C=O) groups excluding carboxylic acids is 2. The predicted octanol–water partition coefficient (Wildman–Crippen LogP) is 2.82. The molecule has 1 N–H and O–H groups in total. The molecule has 2 aliphatic rings. The van der Waals surface area contributed by atoms with Crippen molar-refractivity contribution in [1.29, 1.82) is 0 Å². The highest BCUT2D eigenvalue weighted by molar-refractivity contribution is 6.23. The molecule has 8 nitrogen and oxygen atoms in total. The van der Waals surface area contributed by atoms with Crippen molar-refractivity contribution in [3.05, 3.63) is 40.6 Å². The van der Waals surface area contributed by atoms with Crippen LogP contribution in [0.1, 0.15) is 36.5 Å². The van der Waals surface area contributed by atoms with Crippen LogP contribution in [0.25, 0.3) is 5.57 Å². The van der Waals surface area contributed by atoms with E-state index < -0.39 is 17.6 Å². The number of carbonyl (C=O) groups is 2. The molecule has 1 aromatic rings. The first-order valence-corrected chi connectivity index (χ1v) is 9.33. The average Bonchev–Trinajstić information content (AvgIpc) is 2.87. The molecule has 0 atom stereocenters. The number of rotatable bonds is 4. The Labute approximate surface area is 164 Å². The van der Waals surface area contributed by atoms with Crippen LogP contribution < -0.4 is 0 Å². The summed E-state index contributed by atoms with van der Waals surface area (Å²) in [4.78, 5) is 30.5. The van der Waals surface area contributed by atoms with Crippen LogP contribution in [-0.4, -0.2) is 59.7 Å². The van der Waals surface area contributed by atoms with E-state index in [2.05, 4.69) is 0 Å². The lowest BCUT2D eigenvalue weighted by atomic mass is 9.85. The molecule has 1 amide bonds. The minimum Gasteiger partial charge on any atom is -0.434 e. The first-order chi connectivity index (χ1) is 13.3. The zero-order chi connectivity index (χ0) is 20.5. The molecule has 2 heterocycles. The van der Waals surface area contributed by atoms with Crippen molar-refractivity contribution >= 4 is 17.6 Å². The van der Waals surface area contributed by atoms with E-state index in [0.29, 0.717) is 36.6 Å². The van der Waals surface area contributed by atoms with E-state index in [1.54, 1.807) is 19.1 Å². The lowest BCUT2D eigenvalue weighted by Crippen LogP contribution is -2.54. The van der Waals surface area contributed by atoms with Crippen molar-refractivity contribution in [1.82, 2.24) is 10.1 Å². The fraction of sp³-hybridized carbons (Fsp3) is 0.500. The maximum absolute atomic E-state index is 13.1. The second-order valence-electron chi connectivity index (χ2n) is 7.07. The highest BCUT2D eigenvalue weighted by Gasteiger charge is 2.56. The second kappa shape index (κ2) is 7.90. The highest BCUT2D eigenvalue weighted by Crippen LogP contribution is 2.46. The lowest BCUT2D eigenvalue weighted by Gasteiger charge is -2.41. The van der Waals surface area contributed by atoms with Gasteiger partial charge in [-0.2, -0.15) is 5.06 Å². The Morgan fingerprint density at radius 1 is 1.25 bits per heavy atom. The van der Waals surface area contributed by atoms with Crippen LogP contribution in [0.3, 0.4) is 0 Å². The van der Waals surface area contributed by atoms with E-state index in [0.717, 1.165) is 11.1 Å². The van der Waals surface area contributed by atoms with Crippen LogP contribution in [0.2, 0.25) is 0 Å². The van der Waals surface area contributed by atoms with Gasteiger partial charge in [0.1, 0.15) is 5.54 Å². The predicted molar refractivity (Wildman–Crippen MR) is 100 cm³/mol. The maximum Gasteiger partial charge on any atom is 0.513 e. The van der Waals surface area contributed by atoms with E-state index in [1.807, 2.05) is 32.0 Å². The summed E-state index contributed by atoms with van der Waals surface area (Å²) in [7, 11) is 1.57. The molecule has 0 bridgehead atoms. The standard InChI is InChI=1S/C20H26N2O6/c1-5-27-19(24)28-17-16(15-12-13(2)6-7-14(15)3)18(23)22(25)20(17)8-10-21(26-4)11-9-20/h6-7,12,25H,5,8-11H2,1-4H3. The first-order valence-electron chi connectivity index (χ1n) is 9.33. The van der Waals surface area contributed by atoms with Crippen molar-refractivity contribution in [2.75, 3.05) is 26.8 Å². The molecular weight excluding hydrogens is 364 g/mol. The molecule has 0 unspecified atom stereocenters. The van der Waals surface area contributed by atoms with Crippen LogP contribution in [0.4, 0.5) is 4.79 Å². The normalized spacial score (nSPS) is 19.5. The average molecular weight is 390 g/mol. The molecule has 1 fully saturated rings. The Hall–Kier alpha value is -2.42. The number of hydrogen-bond acceptors (Lipinski definition) is 7. The van der Waals surface area contributed by atoms with Crippen LogP contribution >= 0.6 is 0 Å². The fourth-order valence-electron chi connectivity index (χ4n) is 3.82. The highest BCUT2D eigenvalue weighted by atomic mass is 16.7. The summed E-state index contributed by atoms with van der Waals surface area (Å²) in [5.74, 6) is -0.443. The minimum absolute atomic E-state index is 0.142. The fourth-order valence-corrected chi connectivity index (χ4v) is 3.82. The summed E-state index contributed by atoms with van der Waals surface area (Å²) in [5, 5.41) is 13.2. The Morgan fingerprint density at radius 2 is 1.93 bits per heavy atom. The van der Waals surface area contributed by atoms with E-state index in [1.165, 1.54) is 0 Å². The van der Waals surface area contributed by atoms with E-state index >= 15 is 0 Å². The Balaban J connectivity index is 2.14. The Bertz CT molecular complexity index is 811. The zero-order valence-electron chi connectivity index (χ0n) is 16.7. The van der Waals surface area contributed by atoms with Crippen molar-refractivity contribution in [2.24, 2.45) is 0 Å². The van der Waals surface area contributed by atoms with Gasteiger partial charge in [-0.05, 0) is 44.7 Å². The van der Waals surface area contributed by atoms with Gasteiger partial charge in [-0.1, -0.05) is 23.8 Å². The molecule has 8 heteroatoms. The molecule has 0 aromatic heterocycles. The Morgan fingerprint density at radius 3 is 2.54 bits per heavy atom. The third-order valence-electron chi connectivity index (χ3n) is 5.38. The monoisotopic (exact) mass is 390 g/mol. The molecule has 0 aliphatic carbocycles. The molecule has 152 valence electrons. The third kappa shape index (κ3) is 3.39. The van der Waals surface area contributed by atoms with E-state index in [9.17, 15) is 14.8 Å². The van der Waals surface area contributed by atoms with Gasteiger partial charge in [0.2, 0.25) is 0 Å². The maximum atomic E-state index is 13.1. The van der Waals surface area contributed by atoms with Gasteiger partial charge >= 0.3 is 6.16 Å². The SMILES string of the molecule is CCOC(=O)OC1=C(c2cc(C)ccc2C)C(=O)N(O)C12CCN(OC)CC2. The number of hydrogen-bond donors (Lipinski definition) is 1. The number of amides is 1. The molecule has 1 saturated heterocycles. The van der Waals surface area contributed by atoms with Gasteiger partial charge in [0, 0.05) is 13.1 Å². The minimum atomic E-state index is -1.13. The zero-order valence-corrected chi connectivity index (χ0v) is 16.7. The molecule has 28 heavy (non-hydrogen) atoms. The van der Waals surface area contributed by atoms with E-state index in [4.69, 9.17) is 14.3 Å². The number of benzene rings is 1. The molecule has 1 aromatic carbocycles. The van der Waals surface area contributed by atoms with Crippen LogP contribution in [-0.2, 0) is 19.1 Å². The quantitative estimate of drug-likeness (QED) is 0.625. The second-order valence-corrected chi connectivity index (χ2v) is 7.07. The molecule has 0 radical (unpaired) electrons. The van der Waals surface area contributed by atoms with Gasteiger partial charge in [0.05, 0.1) is 19.3 Å². The van der Waals surface area contributed by atoms with Crippen molar-refractivity contribution in [3.8, 4) is 0 Å². The smallest absolute Gasteiger partial charge is 0.434 e. The number of aryl methyl sites for hydroxylation is 2. The first kappa shape index (κ1) is 20.3.